The molecule has 0 fully saturated rings. The molecule has 1 N–H and O–H groups in total. The predicted octanol–water partition coefficient (Wildman–Crippen LogP) is 3.50. The minimum Gasteiger partial charge on any atom is -0.326 e. The maximum atomic E-state index is 12.1. The Morgan fingerprint density at radius 3 is 2.39 bits per heavy atom. The Kier molecular flexibility index (Phi) is 5.55. The predicted molar refractivity (Wildman–Crippen MR) is 92.3 cm³/mol. The Balaban J connectivity index is 1.89. The van der Waals surface area contributed by atoms with E-state index in [2.05, 4.69) is 5.32 Å². The van der Waals surface area contributed by atoms with Gasteiger partial charge in [0.15, 0.2) is 9.84 Å². The van der Waals surface area contributed by atoms with Crippen LogP contribution in [0.5, 0.6) is 0 Å². The van der Waals surface area contributed by atoms with E-state index < -0.39 is 9.84 Å². The molecule has 0 saturated carbocycles. The molecule has 0 aromatic heterocycles. The van der Waals surface area contributed by atoms with Crippen LogP contribution in [-0.2, 0) is 14.6 Å². The third kappa shape index (κ3) is 4.66. The lowest BCUT2D eigenvalue weighted by atomic mass is 10.1. The van der Waals surface area contributed by atoms with Gasteiger partial charge in [-0.15, -0.1) is 0 Å². The maximum absolute atomic E-state index is 12.1. The number of rotatable bonds is 6. The number of hydrogen-bond acceptors (Lipinski definition) is 3. The van der Waals surface area contributed by atoms with Crippen molar-refractivity contribution in [1.82, 2.24) is 0 Å². The van der Waals surface area contributed by atoms with Gasteiger partial charge in [0.05, 0.1) is 10.6 Å². The van der Waals surface area contributed by atoms with E-state index in [-0.39, 0.29) is 18.1 Å². The fraction of sp³-hybridized carbons (Fsp3) is 0.278. The van der Waals surface area contributed by atoms with E-state index >= 15 is 0 Å². The van der Waals surface area contributed by atoms with Gasteiger partial charge in [0, 0.05) is 12.1 Å². The van der Waals surface area contributed by atoms with Gasteiger partial charge in [-0.05, 0) is 49.6 Å². The number of amides is 1. The number of sulfone groups is 1. The molecule has 0 aliphatic carbocycles. The van der Waals surface area contributed by atoms with Crippen LogP contribution < -0.4 is 5.32 Å². The van der Waals surface area contributed by atoms with Crippen molar-refractivity contribution in [3.05, 3.63) is 59.7 Å². The molecule has 0 spiro atoms. The molecule has 1 amide bonds. The summed E-state index contributed by atoms with van der Waals surface area (Å²) in [5, 5.41) is 2.84. The molecule has 0 unspecified atom stereocenters. The molecule has 4 nitrogen and oxygen atoms in total. The molecule has 5 heteroatoms. The SMILES string of the molecule is Cc1cccc(NC(=O)CCCS(=O)(=O)c2ccccc2)c1C. The van der Waals surface area contributed by atoms with Gasteiger partial charge in [0.1, 0.15) is 0 Å². The Morgan fingerprint density at radius 2 is 1.70 bits per heavy atom. The largest absolute Gasteiger partial charge is 0.326 e. The van der Waals surface area contributed by atoms with Crippen LogP contribution in [0.25, 0.3) is 0 Å². The quantitative estimate of drug-likeness (QED) is 0.881. The van der Waals surface area contributed by atoms with Crippen LogP contribution in [0.15, 0.2) is 53.4 Å². The Hall–Kier alpha value is -2.14. The van der Waals surface area contributed by atoms with Crippen molar-refractivity contribution in [1.29, 1.82) is 0 Å². The summed E-state index contributed by atoms with van der Waals surface area (Å²) in [7, 11) is -3.32. The van der Waals surface area contributed by atoms with Crippen molar-refractivity contribution >= 4 is 21.4 Å². The number of aryl methyl sites for hydroxylation is 1. The number of carbonyl (C=O) groups is 1. The molecular weight excluding hydrogens is 310 g/mol. The van der Waals surface area contributed by atoms with Crippen LogP contribution in [0.2, 0.25) is 0 Å². The molecule has 2 aromatic rings. The second-order valence-electron chi connectivity index (χ2n) is 5.53. The average molecular weight is 331 g/mol. The molecule has 23 heavy (non-hydrogen) atoms. The standard InChI is InChI=1S/C18H21NO3S/c1-14-8-6-11-17(15(14)2)19-18(20)12-7-13-23(21,22)16-9-4-3-5-10-16/h3-6,8-11H,7,12-13H2,1-2H3,(H,19,20). The van der Waals surface area contributed by atoms with E-state index in [1.807, 2.05) is 32.0 Å². The Morgan fingerprint density at radius 1 is 1.00 bits per heavy atom. The summed E-state index contributed by atoms with van der Waals surface area (Å²) in [5.74, 6) is -0.195. The molecular formula is C18H21NO3S. The minimum atomic E-state index is -3.32. The van der Waals surface area contributed by atoms with Crippen molar-refractivity contribution in [3.8, 4) is 0 Å². The third-order valence-corrected chi connectivity index (χ3v) is 5.61. The van der Waals surface area contributed by atoms with Gasteiger partial charge in [-0.3, -0.25) is 4.79 Å². The highest BCUT2D eigenvalue weighted by atomic mass is 32.2. The minimum absolute atomic E-state index is 0.0305. The molecule has 2 rings (SSSR count). The van der Waals surface area contributed by atoms with E-state index in [0.29, 0.717) is 11.3 Å². The van der Waals surface area contributed by atoms with Crippen molar-refractivity contribution in [2.24, 2.45) is 0 Å². The first kappa shape index (κ1) is 17.2. The molecule has 0 saturated heterocycles. The van der Waals surface area contributed by atoms with Crippen molar-refractivity contribution in [2.75, 3.05) is 11.1 Å². The Bertz CT molecular complexity index is 783. The Labute approximate surface area is 137 Å². The maximum Gasteiger partial charge on any atom is 0.224 e. The molecule has 122 valence electrons. The highest BCUT2D eigenvalue weighted by Crippen LogP contribution is 2.18. The van der Waals surface area contributed by atoms with Gasteiger partial charge < -0.3 is 5.32 Å². The van der Waals surface area contributed by atoms with E-state index in [4.69, 9.17) is 0 Å². The van der Waals surface area contributed by atoms with E-state index in [9.17, 15) is 13.2 Å². The molecule has 0 radical (unpaired) electrons. The molecule has 0 aliphatic heterocycles. The smallest absolute Gasteiger partial charge is 0.224 e. The second kappa shape index (κ2) is 7.42. The number of carbonyl (C=O) groups excluding carboxylic acids is 1. The van der Waals surface area contributed by atoms with Crippen molar-refractivity contribution < 1.29 is 13.2 Å². The van der Waals surface area contributed by atoms with E-state index in [1.54, 1.807) is 30.3 Å². The number of anilines is 1. The normalized spacial score (nSPS) is 11.2. The topological polar surface area (TPSA) is 63.2 Å². The first-order chi connectivity index (χ1) is 10.9. The van der Waals surface area contributed by atoms with Gasteiger partial charge in [0.25, 0.3) is 0 Å². The summed E-state index contributed by atoms with van der Waals surface area (Å²) in [5.41, 5.74) is 2.91. The van der Waals surface area contributed by atoms with Crippen LogP contribution in [0.4, 0.5) is 5.69 Å². The van der Waals surface area contributed by atoms with E-state index in [0.717, 1.165) is 16.8 Å². The fourth-order valence-electron chi connectivity index (χ4n) is 2.27. The lowest BCUT2D eigenvalue weighted by Crippen LogP contribution is -2.15. The second-order valence-corrected chi connectivity index (χ2v) is 7.64. The zero-order chi connectivity index (χ0) is 16.9. The van der Waals surface area contributed by atoms with Gasteiger partial charge >= 0.3 is 0 Å². The number of nitrogens with one attached hydrogen (secondary N) is 1. The highest BCUT2D eigenvalue weighted by Gasteiger charge is 2.14. The monoisotopic (exact) mass is 331 g/mol. The summed E-state index contributed by atoms with van der Waals surface area (Å²) >= 11 is 0. The number of hydrogen-bond donors (Lipinski definition) is 1. The van der Waals surface area contributed by atoms with E-state index in [1.165, 1.54) is 0 Å². The number of benzene rings is 2. The first-order valence-corrected chi connectivity index (χ1v) is 9.19. The van der Waals surface area contributed by atoms with Gasteiger partial charge in [-0.1, -0.05) is 30.3 Å². The zero-order valence-corrected chi connectivity index (χ0v) is 14.2. The highest BCUT2D eigenvalue weighted by molar-refractivity contribution is 7.91. The zero-order valence-electron chi connectivity index (χ0n) is 13.4. The summed E-state index contributed by atoms with van der Waals surface area (Å²) < 4.78 is 24.3. The molecule has 0 bridgehead atoms. The summed E-state index contributed by atoms with van der Waals surface area (Å²) in [6, 6.07) is 14.0. The molecule has 0 atom stereocenters. The summed E-state index contributed by atoms with van der Waals surface area (Å²) in [6.07, 6.45) is 0.480. The molecule has 0 aliphatic rings. The molecule has 0 heterocycles. The van der Waals surface area contributed by atoms with Crippen LogP contribution in [0.3, 0.4) is 0 Å². The summed E-state index contributed by atoms with van der Waals surface area (Å²) in [6.45, 7) is 3.93. The van der Waals surface area contributed by atoms with Crippen LogP contribution in [0.1, 0.15) is 24.0 Å². The van der Waals surface area contributed by atoms with Crippen LogP contribution in [-0.4, -0.2) is 20.1 Å². The van der Waals surface area contributed by atoms with Gasteiger partial charge in [0.2, 0.25) is 5.91 Å². The van der Waals surface area contributed by atoms with Gasteiger partial charge in [-0.25, -0.2) is 8.42 Å². The third-order valence-electron chi connectivity index (χ3n) is 3.80. The average Bonchev–Trinajstić information content (AvgIpc) is 2.52. The lowest BCUT2D eigenvalue weighted by Gasteiger charge is -2.10. The van der Waals surface area contributed by atoms with Gasteiger partial charge in [-0.2, -0.15) is 0 Å². The van der Waals surface area contributed by atoms with Crippen molar-refractivity contribution in [3.63, 3.8) is 0 Å². The van der Waals surface area contributed by atoms with Crippen LogP contribution >= 0.6 is 0 Å². The van der Waals surface area contributed by atoms with Crippen LogP contribution in [0, 0.1) is 13.8 Å². The summed E-state index contributed by atoms with van der Waals surface area (Å²) in [4.78, 5) is 12.3. The van der Waals surface area contributed by atoms with Crippen molar-refractivity contribution in [2.45, 2.75) is 31.6 Å². The lowest BCUT2D eigenvalue weighted by molar-refractivity contribution is -0.116. The first-order valence-electron chi connectivity index (χ1n) is 7.54. The molecule has 2 aromatic carbocycles. The fourth-order valence-corrected chi connectivity index (χ4v) is 3.60.